The second kappa shape index (κ2) is 6.00. The van der Waals surface area contributed by atoms with Gasteiger partial charge < -0.3 is 14.7 Å². The number of nitrogens with zero attached hydrogens (tertiary/aromatic N) is 5. The van der Waals surface area contributed by atoms with E-state index in [0.717, 1.165) is 37.6 Å². The molecule has 1 aliphatic heterocycles. The van der Waals surface area contributed by atoms with Crippen molar-refractivity contribution < 1.29 is 4.52 Å². The van der Waals surface area contributed by atoms with Crippen LogP contribution in [0.4, 0.5) is 5.82 Å². The number of hydrogen-bond acceptors (Lipinski definition) is 7. The van der Waals surface area contributed by atoms with Gasteiger partial charge in [-0.2, -0.15) is 10.1 Å². The van der Waals surface area contributed by atoms with E-state index >= 15 is 0 Å². The normalized spacial score (nSPS) is 22.0. The molecule has 0 amide bonds. The quantitative estimate of drug-likeness (QED) is 0.896. The number of anilines is 1. The number of rotatable bonds is 5. The van der Waals surface area contributed by atoms with E-state index in [2.05, 4.69) is 30.6 Å². The molecule has 0 unspecified atom stereocenters. The minimum Gasteiger partial charge on any atom is -0.354 e. The van der Waals surface area contributed by atoms with Crippen molar-refractivity contribution in [2.75, 3.05) is 18.0 Å². The molecule has 1 atom stereocenters. The molecule has 1 saturated heterocycles. The molecule has 2 fully saturated rings. The summed E-state index contributed by atoms with van der Waals surface area (Å²) in [4.78, 5) is 6.73. The van der Waals surface area contributed by atoms with Crippen molar-refractivity contribution in [3.63, 3.8) is 0 Å². The summed E-state index contributed by atoms with van der Waals surface area (Å²) in [5, 5.41) is 15.7. The predicted molar refractivity (Wildman–Crippen MR) is 80.4 cm³/mol. The van der Waals surface area contributed by atoms with Crippen LogP contribution < -0.4 is 10.2 Å². The maximum atomic E-state index is 5.31. The molecule has 0 radical (unpaired) electrons. The molecule has 2 aromatic rings. The van der Waals surface area contributed by atoms with E-state index in [1.54, 1.807) is 6.20 Å². The highest BCUT2D eigenvalue weighted by Gasteiger charge is 2.29. The number of aromatic nitrogens is 4. The van der Waals surface area contributed by atoms with Crippen LogP contribution in [0.3, 0.4) is 0 Å². The SMILES string of the molecule is c1cnnc(N2CCC[C@H](NCc3nc(C4CC4)no3)C2)c1. The molecule has 7 nitrogen and oxygen atoms in total. The van der Waals surface area contributed by atoms with E-state index in [1.807, 2.05) is 12.1 Å². The second-order valence-corrected chi connectivity index (χ2v) is 6.07. The molecule has 22 heavy (non-hydrogen) atoms. The van der Waals surface area contributed by atoms with Crippen LogP contribution in [0.5, 0.6) is 0 Å². The van der Waals surface area contributed by atoms with Crippen LogP contribution in [0.15, 0.2) is 22.9 Å². The highest BCUT2D eigenvalue weighted by molar-refractivity contribution is 5.37. The summed E-state index contributed by atoms with van der Waals surface area (Å²) in [6, 6.07) is 4.35. The monoisotopic (exact) mass is 300 g/mol. The van der Waals surface area contributed by atoms with Gasteiger partial charge >= 0.3 is 0 Å². The molecule has 0 aromatic carbocycles. The maximum Gasteiger partial charge on any atom is 0.240 e. The summed E-state index contributed by atoms with van der Waals surface area (Å²) >= 11 is 0. The van der Waals surface area contributed by atoms with E-state index in [0.29, 0.717) is 24.4 Å². The van der Waals surface area contributed by atoms with Crippen molar-refractivity contribution >= 4 is 5.82 Å². The van der Waals surface area contributed by atoms with Gasteiger partial charge in [-0.3, -0.25) is 0 Å². The molecular formula is C15H20N6O. The van der Waals surface area contributed by atoms with Crippen molar-refractivity contribution in [3.05, 3.63) is 30.0 Å². The van der Waals surface area contributed by atoms with Gasteiger partial charge in [-0.25, -0.2) is 0 Å². The van der Waals surface area contributed by atoms with Gasteiger partial charge in [0.2, 0.25) is 5.89 Å². The fourth-order valence-electron chi connectivity index (χ4n) is 2.89. The van der Waals surface area contributed by atoms with Crippen molar-refractivity contribution in [2.45, 2.75) is 44.2 Å². The first-order valence-corrected chi connectivity index (χ1v) is 7.97. The van der Waals surface area contributed by atoms with Crippen LogP contribution >= 0.6 is 0 Å². The third-order valence-electron chi connectivity index (χ3n) is 4.27. The topological polar surface area (TPSA) is 80.0 Å². The average Bonchev–Trinajstić information content (AvgIpc) is 3.33. The molecule has 3 heterocycles. The van der Waals surface area contributed by atoms with Gasteiger partial charge in [-0.05, 0) is 37.8 Å². The van der Waals surface area contributed by atoms with Crippen molar-refractivity contribution in [3.8, 4) is 0 Å². The molecule has 116 valence electrons. The molecule has 2 aliphatic rings. The molecule has 1 aliphatic carbocycles. The van der Waals surface area contributed by atoms with Gasteiger partial charge in [-0.1, -0.05) is 5.16 Å². The molecular weight excluding hydrogens is 280 g/mol. The highest BCUT2D eigenvalue weighted by Crippen LogP contribution is 2.38. The Balaban J connectivity index is 1.32. The lowest BCUT2D eigenvalue weighted by Crippen LogP contribution is -2.45. The fourth-order valence-corrected chi connectivity index (χ4v) is 2.89. The van der Waals surface area contributed by atoms with Crippen LogP contribution in [-0.4, -0.2) is 39.5 Å². The molecule has 1 N–H and O–H groups in total. The van der Waals surface area contributed by atoms with E-state index in [1.165, 1.54) is 12.8 Å². The highest BCUT2D eigenvalue weighted by atomic mass is 16.5. The zero-order chi connectivity index (χ0) is 14.8. The largest absolute Gasteiger partial charge is 0.354 e. The summed E-state index contributed by atoms with van der Waals surface area (Å²) in [6.07, 6.45) is 6.40. The number of piperidine rings is 1. The summed E-state index contributed by atoms with van der Waals surface area (Å²) < 4.78 is 5.31. The first kappa shape index (κ1) is 13.6. The van der Waals surface area contributed by atoms with Crippen LogP contribution in [0.25, 0.3) is 0 Å². The molecule has 2 aromatic heterocycles. The molecule has 4 rings (SSSR count). The maximum absolute atomic E-state index is 5.31. The van der Waals surface area contributed by atoms with Crippen molar-refractivity contribution in [1.29, 1.82) is 0 Å². The van der Waals surface area contributed by atoms with Gasteiger partial charge in [0.1, 0.15) is 0 Å². The van der Waals surface area contributed by atoms with Crippen LogP contribution in [0, 0.1) is 0 Å². The average molecular weight is 300 g/mol. The summed E-state index contributed by atoms with van der Waals surface area (Å²) in [5.74, 6) is 3.06. The molecule has 1 saturated carbocycles. The lowest BCUT2D eigenvalue weighted by atomic mass is 10.1. The predicted octanol–water partition coefficient (Wildman–Crippen LogP) is 1.50. The van der Waals surface area contributed by atoms with E-state index in [9.17, 15) is 0 Å². The molecule has 7 heteroatoms. The van der Waals surface area contributed by atoms with E-state index in [-0.39, 0.29) is 0 Å². The summed E-state index contributed by atoms with van der Waals surface area (Å²) in [5.41, 5.74) is 0. The Labute approximate surface area is 129 Å². The Morgan fingerprint density at radius 2 is 2.27 bits per heavy atom. The smallest absolute Gasteiger partial charge is 0.240 e. The Hall–Kier alpha value is -2.02. The van der Waals surface area contributed by atoms with E-state index < -0.39 is 0 Å². The third kappa shape index (κ3) is 3.09. The minimum absolute atomic E-state index is 0.409. The zero-order valence-corrected chi connectivity index (χ0v) is 12.5. The summed E-state index contributed by atoms with van der Waals surface area (Å²) in [6.45, 7) is 2.60. The number of nitrogens with one attached hydrogen (secondary N) is 1. The van der Waals surface area contributed by atoms with Gasteiger partial charge in [-0.15, -0.1) is 5.10 Å². The number of hydrogen-bond donors (Lipinski definition) is 1. The van der Waals surface area contributed by atoms with Crippen molar-refractivity contribution in [1.82, 2.24) is 25.7 Å². The molecule has 0 spiro atoms. The lowest BCUT2D eigenvalue weighted by Gasteiger charge is -2.33. The lowest BCUT2D eigenvalue weighted by molar-refractivity contribution is 0.341. The zero-order valence-electron chi connectivity index (χ0n) is 12.5. The Kier molecular flexibility index (Phi) is 3.72. The Morgan fingerprint density at radius 1 is 1.32 bits per heavy atom. The van der Waals surface area contributed by atoms with Crippen LogP contribution in [-0.2, 0) is 6.54 Å². The second-order valence-electron chi connectivity index (χ2n) is 6.07. The van der Waals surface area contributed by atoms with Crippen LogP contribution in [0.1, 0.15) is 43.3 Å². The standard InChI is InChI=1S/C15H20N6O/c1-4-13(19-17-7-1)21-8-2-3-12(10-21)16-9-14-18-15(20-22-14)11-5-6-11/h1,4,7,11-12,16H,2-3,5-6,8-10H2/t12-/m0/s1. The van der Waals surface area contributed by atoms with Gasteiger partial charge in [0.05, 0.1) is 6.54 Å². The van der Waals surface area contributed by atoms with Gasteiger partial charge in [0.15, 0.2) is 11.6 Å². The van der Waals surface area contributed by atoms with Gasteiger partial charge in [0, 0.05) is 31.2 Å². The minimum atomic E-state index is 0.409. The van der Waals surface area contributed by atoms with Crippen LogP contribution in [0.2, 0.25) is 0 Å². The first-order chi connectivity index (χ1) is 10.9. The first-order valence-electron chi connectivity index (χ1n) is 7.97. The Morgan fingerprint density at radius 3 is 3.09 bits per heavy atom. The molecule has 0 bridgehead atoms. The van der Waals surface area contributed by atoms with E-state index in [4.69, 9.17) is 4.52 Å². The third-order valence-corrected chi connectivity index (χ3v) is 4.27. The van der Waals surface area contributed by atoms with Crippen molar-refractivity contribution in [2.24, 2.45) is 0 Å². The van der Waals surface area contributed by atoms with Gasteiger partial charge in [0.25, 0.3) is 0 Å². The summed E-state index contributed by atoms with van der Waals surface area (Å²) in [7, 11) is 0. The Bertz CT molecular complexity index is 612. The fraction of sp³-hybridized carbons (Fsp3) is 0.600.